The van der Waals surface area contributed by atoms with Crippen molar-refractivity contribution in [2.45, 2.75) is 63.1 Å². The number of amides is 2. The zero-order valence-corrected chi connectivity index (χ0v) is 24.8. The number of benzene rings is 3. The number of carbonyl (C=O) groups excluding carboxylic acids is 2. The van der Waals surface area contributed by atoms with Crippen molar-refractivity contribution in [2.24, 2.45) is 0 Å². The van der Waals surface area contributed by atoms with Gasteiger partial charge in [-0.05, 0) is 68.1 Å². The molecule has 0 radical (unpaired) electrons. The van der Waals surface area contributed by atoms with Gasteiger partial charge in [-0.3, -0.25) is 13.9 Å². The molecule has 3 aromatic rings. The molecule has 7 nitrogen and oxygen atoms in total. The van der Waals surface area contributed by atoms with Crippen LogP contribution in [0.1, 0.15) is 43.7 Å². The third kappa shape index (κ3) is 6.97. The Bertz CT molecular complexity index is 1460. The molecule has 0 saturated heterocycles. The Hall–Kier alpha value is -3.07. The minimum Gasteiger partial charge on any atom is -0.352 e. The van der Waals surface area contributed by atoms with Crippen molar-refractivity contribution in [1.29, 1.82) is 0 Å². The van der Waals surface area contributed by atoms with Gasteiger partial charge < -0.3 is 10.2 Å². The maximum Gasteiger partial charge on any atom is 0.264 e. The van der Waals surface area contributed by atoms with E-state index in [2.05, 4.69) is 5.32 Å². The molecule has 40 heavy (non-hydrogen) atoms. The molecule has 0 heterocycles. The third-order valence-electron chi connectivity index (χ3n) is 7.22. The van der Waals surface area contributed by atoms with Gasteiger partial charge in [0, 0.05) is 22.6 Å². The molecule has 0 unspecified atom stereocenters. The summed E-state index contributed by atoms with van der Waals surface area (Å²) in [4.78, 5) is 28.8. The highest BCUT2D eigenvalue weighted by Gasteiger charge is 2.34. The summed E-state index contributed by atoms with van der Waals surface area (Å²) in [5.41, 5.74) is 1.56. The van der Waals surface area contributed by atoms with E-state index in [1.165, 1.54) is 23.1 Å². The first-order valence-electron chi connectivity index (χ1n) is 13.2. The van der Waals surface area contributed by atoms with E-state index in [1.807, 2.05) is 0 Å². The standard InChI is InChI=1S/C30H33Cl2N3O4S/c1-21-16-17-24(31)18-28(21)35(40(38,39)26-13-4-3-5-14-26)20-29(36)34(19-23-10-6-9-15-27(23)32)22(2)30(37)33-25-11-7-8-12-25/h3-6,9-10,13-18,22,25H,7-8,11-12,19-20H2,1-2H3,(H,33,37)/t22-/m0/s1. The molecule has 3 aromatic carbocycles. The Kier molecular flexibility index (Phi) is 9.77. The number of rotatable bonds is 10. The van der Waals surface area contributed by atoms with E-state index in [4.69, 9.17) is 23.2 Å². The maximum absolute atomic E-state index is 14.1. The van der Waals surface area contributed by atoms with Crippen LogP contribution in [-0.4, -0.2) is 43.8 Å². The van der Waals surface area contributed by atoms with Gasteiger partial charge in [-0.25, -0.2) is 8.42 Å². The summed E-state index contributed by atoms with van der Waals surface area (Å²) < 4.78 is 28.9. The van der Waals surface area contributed by atoms with E-state index in [-0.39, 0.29) is 29.1 Å². The minimum absolute atomic E-state index is 0.0332. The van der Waals surface area contributed by atoms with Crippen molar-refractivity contribution in [1.82, 2.24) is 10.2 Å². The zero-order chi connectivity index (χ0) is 28.9. The highest BCUT2D eigenvalue weighted by Crippen LogP contribution is 2.30. The lowest BCUT2D eigenvalue weighted by atomic mass is 10.1. The van der Waals surface area contributed by atoms with Crippen LogP contribution in [0.15, 0.2) is 77.7 Å². The molecule has 0 aliphatic heterocycles. The van der Waals surface area contributed by atoms with Gasteiger partial charge in [0.05, 0.1) is 10.6 Å². The lowest BCUT2D eigenvalue weighted by molar-refractivity contribution is -0.139. The molecule has 10 heteroatoms. The van der Waals surface area contributed by atoms with Gasteiger partial charge in [0.15, 0.2) is 0 Å². The van der Waals surface area contributed by atoms with Crippen molar-refractivity contribution in [2.75, 3.05) is 10.8 Å². The van der Waals surface area contributed by atoms with E-state index in [1.54, 1.807) is 68.4 Å². The number of nitrogens with zero attached hydrogens (tertiary/aromatic N) is 2. The van der Waals surface area contributed by atoms with E-state index in [0.717, 1.165) is 30.0 Å². The van der Waals surface area contributed by atoms with Crippen LogP contribution >= 0.6 is 23.2 Å². The Balaban J connectivity index is 1.72. The van der Waals surface area contributed by atoms with Crippen molar-refractivity contribution >= 4 is 50.7 Å². The number of halogens is 2. The Morgan fingerprint density at radius 2 is 1.62 bits per heavy atom. The second kappa shape index (κ2) is 13.1. The van der Waals surface area contributed by atoms with Crippen molar-refractivity contribution in [3.8, 4) is 0 Å². The van der Waals surface area contributed by atoms with Crippen LogP contribution in [0.4, 0.5) is 5.69 Å². The van der Waals surface area contributed by atoms with E-state index >= 15 is 0 Å². The summed E-state index contributed by atoms with van der Waals surface area (Å²) in [5.74, 6) is -0.837. The number of sulfonamides is 1. The first-order valence-corrected chi connectivity index (χ1v) is 15.4. The van der Waals surface area contributed by atoms with Crippen LogP contribution in [-0.2, 0) is 26.2 Å². The maximum atomic E-state index is 14.1. The van der Waals surface area contributed by atoms with Gasteiger partial charge >= 0.3 is 0 Å². The van der Waals surface area contributed by atoms with Crippen LogP contribution in [0.25, 0.3) is 0 Å². The van der Waals surface area contributed by atoms with Gasteiger partial charge in [-0.2, -0.15) is 0 Å². The second-order valence-electron chi connectivity index (χ2n) is 10.0. The fourth-order valence-corrected chi connectivity index (χ4v) is 6.72. The molecule has 2 amide bonds. The summed E-state index contributed by atoms with van der Waals surface area (Å²) in [6, 6.07) is 19.1. The molecule has 1 aliphatic rings. The summed E-state index contributed by atoms with van der Waals surface area (Å²) >= 11 is 12.7. The number of hydrogen-bond acceptors (Lipinski definition) is 4. The minimum atomic E-state index is -4.17. The fourth-order valence-electron chi connectivity index (χ4n) is 4.87. The van der Waals surface area contributed by atoms with Gasteiger partial charge in [-0.1, -0.05) is 78.5 Å². The van der Waals surface area contributed by atoms with E-state index in [9.17, 15) is 18.0 Å². The summed E-state index contributed by atoms with van der Waals surface area (Å²) in [5, 5.41) is 3.84. The molecule has 1 saturated carbocycles. The predicted octanol–water partition coefficient (Wildman–Crippen LogP) is 5.97. The molecule has 1 N–H and O–H groups in total. The van der Waals surface area contributed by atoms with E-state index < -0.39 is 28.5 Å². The molecule has 4 rings (SSSR count). The van der Waals surface area contributed by atoms with Gasteiger partial charge in [0.1, 0.15) is 12.6 Å². The van der Waals surface area contributed by atoms with Crippen LogP contribution < -0.4 is 9.62 Å². The quantitative estimate of drug-likeness (QED) is 0.310. The Labute approximate surface area is 246 Å². The van der Waals surface area contributed by atoms with Gasteiger partial charge in [-0.15, -0.1) is 0 Å². The van der Waals surface area contributed by atoms with Gasteiger partial charge in [0.2, 0.25) is 11.8 Å². The molecular formula is C30H33Cl2N3O4S. The molecule has 0 bridgehead atoms. The zero-order valence-electron chi connectivity index (χ0n) is 22.5. The molecule has 1 aliphatic carbocycles. The highest BCUT2D eigenvalue weighted by atomic mass is 35.5. The fraction of sp³-hybridized carbons (Fsp3) is 0.333. The smallest absolute Gasteiger partial charge is 0.264 e. The van der Waals surface area contributed by atoms with Crippen LogP contribution in [0.5, 0.6) is 0 Å². The largest absolute Gasteiger partial charge is 0.352 e. The van der Waals surface area contributed by atoms with Gasteiger partial charge in [0.25, 0.3) is 10.0 Å². The molecule has 212 valence electrons. The average Bonchev–Trinajstić information content (AvgIpc) is 3.45. The summed E-state index contributed by atoms with van der Waals surface area (Å²) in [7, 11) is -4.17. The number of nitrogens with one attached hydrogen (secondary N) is 1. The summed E-state index contributed by atoms with van der Waals surface area (Å²) in [6.07, 6.45) is 3.89. The monoisotopic (exact) mass is 601 g/mol. The van der Waals surface area contributed by atoms with Crippen molar-refractivity contribution in [3.63, 3.8) is 0 Å². The molecule has 0 spiro atoms. The second-order valence-corrected chi connectivity index (χ2v) is 12.7. The number of aryl methyl sites for hydroxylation is 1. The molecule has 1 atom stereocenters. The van der Waals surface area contributed by atoms with Crippen LogP contribution in [0.3, 0.4) is 0 Å². The Morgan fingerprint density at radius 3 is 2.30 bits per heavy atom. The summed E-state index contributed by atoms with van der Waals surface area (Å²) in [6.45, 7) is 2.90. The lowest BCUT2D eigenvalue weighted by Gasteiger charge is -2.33. The topological polar surface area (TPSA) is 86.8 Å². The first-order chi connectivity index (χ1) is 19.1. The van der Waals surface area contributed by atoms with Crippen molar-refractivity contribution < 1.29 is 18.0 Å². The van der Waals surface area contributed by atoms with Crippen LogP contribution in [0.2, 0.25) is 10.0 Å². The highest BCUT2D eigenvalue weighted by molar-refractivity contribution is 7.92. The Morgan fingerprint density at radius 1 is 0.975 bits per heavy atom. The van der Waals surface area contributed by atoms with Crippen LogP contribution in [0, 0.1) is 6.92 Å². The predicted molar refractivity (Wildman–Crippen MR) is 159 cm³/mol. The molecular weight excluding hydrogens is 569 g/mol. The molecule has 1 fully saturated rings. The number of hydrogen-bond donors (Lipinski definition) is 1. The number of carbonyl (C=O) groups is 2. The molecule has 0 aromatic heterocycles. The van der Waals surface area contributed by atoms with E-state index in [0.29, 0.717) is 21.2 Å². The lowest BCUT2D eigenvalue weighted by Crippen LogP contribution is -2.52. The normalized spacial score (nSPS) is 14.5. The SMILES string of the molecule is Cc1ccc(Cl)cc1N(CC(=O)N(Cc1ccccc1Cl)[C@@H](C)C(=O)NC1CCCC1)S(=O)(=O)c1ccccc1. The third-order valence-corrected chi connectivity index (χ3v) is 9.60. The van der Waals surface area contributed by atoms with Crippen molar-refractivity contribution in [3.05, 3.63) is 94.0 Å². The first kappa shape index (κ1) is 29.9. The average molecular weight is 603 g/mol. The number of anilines is 1.